The van der Waals surface area contributed by atoms with Gasteiger partial charge in [-0.25, -0.2) is 4.98 Å². The normalized spacial score (nSPS) is 29.6. The Balaban J connectivity index is 2.80. The fourth-order valence-electron chi connectivity index (χ4n) is 1.52. The van der Waals surface area contributed by atoms with Crippen LogP contribution in [-0.4, -0.2) is 19.6 Å². The zero-order chi connectivity index (χ0) is 29.4. The van der Waals surface area contributed by atoms with Crippen molar-refractivity contribution >= 4 is 11.6 Å². The number of anilines is 1. The molecule has 0 aliphatic carbocycles. The molecule has 2 N–H and O–H groups in total. The zero-order valence-electron chi connectivity index (χ0n) is 27.7. The molecule has 110 valence electrons. The van der Waals surface area contributed by atoms with E-state index in [2.05, 4.69) is 15.1 Å². The summed E-state index contributed by atoms with van der Waals surface area (Å²) >= 11 is 0. The maximum absolute atomic E-state index is 8.52. The van der Waals surface area contributed by atoms with Crippen LogP contribution >= 0.6 is 0 Å². The van der Waals surface area contributed by atoms with E-state index in [1.807, 2.05) is 0 Å². The lowest BCUT2D eigenvalue weighted by atomic mass is 10.0. The fourth-order valence-corrected chi connectivity index (χ4v) is 1.52. The van der Waals surface area contributed by atoms with E-state index in [9.17, 15) is 0 Å². The van der Waals surface area contributed by atoms with Crippen LogP contribution in [0.1, 0.15) is 86.6 Å². The van der Waals surface area contributed by atoms with E-state index in [0.29, 0.717) is 0 Å². The highest BCUT2D eigenvalue weighted by atomic mass is 15.3. The molecule has 0 saturated heterocycles. The van der Waals surface area contributed by atoms with Gasteiger partial charge in [-0.15, -0.1) is 0 Å². The van der Waals surface area contributed by atoms with Crippen LogP contribution in [0.25, 0.3) is 5.78 Å². The molecule has 2 heterocycles. The molecule has 0 bridgehead atoms. The SMILES string of the molecule is [2H]C([2H])([2H])C([2H])([2H])C([2H])([2H])C([2H])([2H])C([2H])([2H])C([2H])([2H])C([2H])([2H])C([2H])([2H])c1c(CC)nc2ncnn2c1N. The van der Waals surface area contributed by atoms with Crippen LogP contribution in [0.15, 0.2) is 6.33 Å². The van der Waals surface area contributed by atoms with Crippen molar-refractivity contribution in [3.8, 4) is 0 Å². The van der Waals surface area contributed by atoms with E-state index >= 15 is 0 Å². The lowest BCUT2D eigenvalue weighted by Gasteiger charge is -2.11. The summed E-state index contributed by atoms with van der Waals surface area (Å²) < 4.78 is 137. The van der Waals surface area contributed by atoms with Gasteiger partial charge in [-0.2, -0.15) is 14.6 Å². The molecule has 0 amide bonds. The van der Waals surface area contributed by atoms with Crippen LogP contribution < -0.4 is 5.73 Å². The van der Waals surface area contributed by atoms with Crippen LogP contribution in [0.4, 0.5) is 5.82 Å². The minimum atomic E-state index is -4.37. The summed E-state index contributed by atoms with van der Waals surface area (Å²) in [6, 6.07) is 0. The second-order valence-corrected chi connectivity index (χ2v) is 3.52. The number of fused-ring (bicyclic) bond motifs is 1. The second kappa shape index (κ2) is 7.22. The highest BCUT2D eigenvalue weighted by Crippen LogP contribution is 2.20. The first-order chi connectivity index (χ1) is 16.2. The van der Waals surface area contributed by atoms with Crippen molar-refractivity contribution in [2.24, 2.45) is 0 Å². The van der Waals surface area contributed by atoms with E-state index in [1.54, 1.807) is 0 Å². The Morgan fingerprint density at radius 3 is 2.90 bits per heavy atom. The van der Waals surface area contributed by atoms with Crippen LogP contribution in [0.2, 0.25) is 0 Å². The molecule has 0 saturated carbocycles. The average Bonchev–Trinajstić information content (AvgIpc) is 3.20. The molecule has 5 nitrogen and oxygen atoms in total. The van der Waals surface area contributed by atoms with Gasteiger partial charge >= 0.3 is 0 Å². The van der Waals surface area contributed by atoms with Gasteiger partial charge in [0, 0.05) is 28.9 Å². The third-order valence-electron chi connectivity index (χ3n) is 2.37. The van der Waals surface area contributed by atoms with Crippen molar-refractivity contribution in [2.75, 3.05) is 5.73 Å². The predicted octanol–water partition coefficient (Wildman–Crippen LogP) is 3.17. The van der Waals surface area contributed by atoms with Crippen molar-refractivity contribution in [2.45, 2.75) is 64.8 Å². The topological polar surface area (TPSA) is 69.1 Å². The van der Waals surface area contributed by atoms with E-state index < -0.39 is 62.8 Å². The molecule has 0 radical (unpaired) electrons. The van der Waals surface area contributed by atoms with Gasteiger partial charge in [-0.3, -0.25) is 0 Å². The molecule has 0 aliphatic rings. The van der Waals surface area contributed by atoms with Gasteiger partial charge in [0.05, 0.1) is 5.69 Å². The molecule has 0 unspecified atom stereocenters. The number of nitrogens with two attached hydrogens (primary N) is 1. The molecule has 0 atom stereocenters. The Morgan fingerprint density at radius 1 is 1.30 bits per heavy atom. The summed E-state index contributed by atoms with van der Waals surface area (Å²) in [5.41, 5.74) is 5.06. The van der Waals surface area contributed by atoms with Gasteiger partial charge in [-0.1, -0.05) is 45.6 Å². The Morgan fingerprint density at radius 2 is 2.10 bits per heavy atom. The fraction of sp³-hybridized carbons (Fsp3) is 0.667. The van der Waals surface area contributed by atoms with E-state index in [1.165, 1.54) is 6.92 Å². The monoisotopic (exact) mass is 292 g/mol. The van der Waals surface area contributed by atoms with Crippen molar-refractivity contribution in [3.05, 3.63) is 17.6 Å². The Hall–Kier alpha value is -1.65. The standard InChI is InChI=1S/C15H25N5/c1-3-5-6-7-8-9-10-12-13(4-2)19-15-17-11-18-20(15)14(12)16/h11H,3-10,16H2,1-2H3/i1D3,3D2,5D2,6D2,7D2,8D2,9D2,10D2. The van der Waals surface area contributed by atoms with E-state index in [0.717, 1.165) is 10.8 Å². The van der Waals surface area contributed by atoms with Crippen LogP contribution in [0.5, 0.6) is 0 Å². The first-order valence-corrected chi connectivity index (χ1v) is 5.68. The average molecular weight is 293 g/mol. The first kappa shape index (κ1) is 4.18. The number of rotatable bonds is 8. The summed E-state index contributed by atoms with van der Waals surface area (Å²) in [5, 5.41) is 3.74. The maximum Gasteiger partial charge on any atom is 0.254 e. The summed E-state index contributed by atoms with van der Waals surface area (Å²) in [6.45, 7) is -2.34. The Kier molecular flexibility index (Phi) is 1.51. The minimum absolute atomic E-state index is 0.0729. The number of hydrogen-bond acceptors (Lipinski definition) is 4. The molecule has 2 rings (SSSR count). The summed E-state index contributed by atoms with van der Waals surface area (Å²) in [6.07, 6.45) is -28.0. The second-order valence-electron chi connectivity index (χ2n) is 3.52. The first-order valence-electron chi connectivity index (χ1n) is 14.2. The molecule has 0 spiro atoms. The van der Waals surface area contributed by atoms with Crippen molar-refractivity contribution in [1.29, 1.82) is 0 Å². The van der Waals surface area contributed by atoms with Crippen molar-refractivity contribution in [3.63, 3.8) is 0 Å². The lowest BCUT2D eigenvalue weighted by Crippen LogP contribution is -2.10. The third-order valence-corrected chi connectivity index (χ3v) is 2.37. The van der Waals surface area contributed by atoms with Crippen molar-refractivity contribution < 1.29 is 23.3 Å². The van der Waals surface area contributed by atoms with Gasteiger partial charge in [-0.05, 0) is 19.2 Å². The number of nitrogens with zero attached hydrogens (tertiary/aromatic N) is 4. The number of aryl methyl sites for hydroxylation is 1. The van der Waals surface area contributed by atoms with Gasteiger partial charge < -0.3 is 5.73 Å². The minimum Gasteiger partial charge on any atom is -0.383 e. The van der Waals surface area contributed by atoms with Crippen LogP contribution in [-0.2, 0) is 12.8 Å². The molecule has 2 aromatic heterocycles. The number of nitrogen functional groups attached to an aromatic ring is 1. The molecule has 0 fully saturated rings. The van der Waals surface area contributed by atoms with Gasteiger partial charge in [0.1, 0.15) is 12.1 Å². The summed E-state index contributed by atoms with van der Waals surface area (Å²) in [4.78, 5) is 7.83. The summed E-state index contributed by atoms with van der Waals surface area (Å²) in [7, 11) is 0. The van der Waals surface area contributed by atoms with Crippen LogP contribution in [0, 0.1) is 0 Å². The molecular formula is C15H25N5. The molecule has 0 aromatic carbocycles. The molecular weight excluding hydrogens is 250 g/mol. The molecule has 0 aliphatic heterocycles. The molecule has 2 aromatic rings. The van der Waals surface area contributed by atoms with E-state index in [-0.39, 0.29) is 17.9 Å². The Labute approximate surface area is 144 Å². The van der Waals surface area contributed by atoms with Gasteiger partial charge in [0.15, 0.2) is 0 Å². The maximum atomic E-state index is 8.52. The molecule has 5 heteroatoms. The van der Waals surface area contributed by atoms with Gasteiger partial charge in [0.2, 0.25) is 0 Å². The quantitative estimate of drug-likeness (QED) is 0.811. The smallest absolute Gasteiger partial charge is 0.254 e. The summed E-state index contributed by atoms with van der Waals surface area (Å²) in [5.74, 6) is -0.647. The number of aromatic nitrogens is 4. The third kappa shape index (κ3) is 3.26. The number of hydrogen-bond donors (Lipinski definition) is 1. The van der Waals surface area contributed by atoms with E-state index in [4.69, 9.17) is 29.0 Å². The largest absolute Gasteiger partial charge is 0.383 e. The highest BCUT2D eigenvalue weighted by molar-refractivity contribution is 5.49. The van der Waals surface area contributed by atoms with Gasteiger partial charge in [0.25, 0.3) is 5.78 Å². The molecule has 20 heavy (non-hydrogen) atoms. The predicted molar refractivity (Wildman–Crippen MR) is 81.7 cm³/mol. The van der Waals surface area contributed by atoms with Crippen molar-refractivity contribution in [1.82, 2.24) is 19.6 Å². The zero-order valence-corrected chi connectivity index (χ0v) is 10.7. The van der Waals surface area contributed by atoms with Crippen LogP contribution in [0.3, 0.4) is 0 Å². The highest BCUT2D eigenvalue weighted by Gasteiger charge is 2.12. The Bertz CT molecular complexity index is 1170. The lowest BCUT2D eigenvalue weighted by molar-refractivity contribution is 0.605.